The first-order valence-electron chi connectivity index (χ1n) is 5.31. The van der Waals surface area contributed by atoms with Crippen molar-refractivity contribution in [3.05, 3.63) is 0 Å². The summed E-state index contributed by atoms with van der Waals surface area (Å²) in [6, 6.07) is 0. The van der Waals surface area contributed by atoms with E-state index in [1.54, 1.807) is 0 Å². The van der Waals surface area contributed by atoms with Crippen molar-refractivity contribution in [2.45, 2.75) is 39.0 Å². The molecular formula is C10H19N3. The summed E-state index contributed by atoms with van der Waals surface area (Å²) in [7, 11) is 0. The second-order valence-corrected chi connectivity index (χ2v) is 4.46. The zero-order chi connectivity index (χ0) is 9.31. The lowest BCUT2D eigenvalue weighted by molar-refractivity contribution is 0.00235. The van der Waals surface area contributed by atoms with Crippen LogP contribution >= 0.6 is 0 Å². The Morgan fingerprint density at radius 2 is 2.23 bits per heavy atom. The van der Waals surface area contributed by atoms with Crippen molar-refractivity contribution in [1.82, 2.24) is 5.43 Å². The molecule has 1 spiro atoms. The second-order valence-electron chi connectivity index (χ2n) is 4.46. The second kappa shape index (κ2) is 3.29. The quantitative estimate of drug-likeness (QED) is 0.293. The number of nitrogens with one attached hydrogen (secondary N) is 1. The van der Waals surface area contributed by atoms with Gasteiger partial charge in [0.2, 0.25) is 0 Å². The fraction of sp³-hybridized carbons (Fsp3) is 0.900. The van der Waals surface area contributed by atoms with Crippen molar-refractivity contribution in [2.75, 3.05) is 6.54 Å². The third-order valence-electron chi connectivity index (χ3n) is 3.64. The van der Waals surface area contributed by atoms with Crippen LogP contribution in [0, 0.1) is 11.3 Å². The van der Waals surface area contributed by atoms with Crippen LogP contribution in [0.5, 0.6) is 0 Å². The molecule has 2 aliphatic rings. The minimum Gasteiger partial charge on any atom is -0.312 e. The van der Waals surface area contributed by atoms with Crippen LogP contribution in [0.2, 0.25) is 0 Å². The molecule has 0 aliphatic heterocycles. The highest BCUT2D eigenvalue weighted by atomic mass is 15.3. The van der Waals surface area contributed by atoms with E-state index in [-0.39, 0.29) is 0 Å². The Morgan fingerprint density at radius 1 is 1.54 bits per heavy atom. The molecule has 2 rings (SSSR count). The molecule has 0 bridgehead atoms. The zero-order valence-corrected chi connectivity index (χ0v) is 8.34. The molecule has 0 radical (unpaired) electrons. The Labute approximate surface area is 79.8 Å². The summed E-state index contributed by atoms with van der Waals surface area (Å²) in [5.41, 5.74) is 3.46. The van der Waals surface area contributed by atoms with Crippen LogP contribution in [-0.4, -0.2) is 12.4 Å². The van der Waals surface area contributed by atoms with E-state index in [2.05, 4.69) is 17.3 Å². The Kier molecular flexibility index (Phi) is 2.28. The minimum absolute atomic E-state index is 0.630. The Hall–Kier alpha value is -0.570. The maximum absolute atomic E-state index is 5.44. The van der Waals surface area contributed by atoms with Gasteiger partial charge < -0.3 is 5.43 Å². The average molecular weight is 181 g/mol. The highest BCUT2D eigenvalue weighted by Crippen LogP contribution is 2.58. The summed E-state index contributed by atoms with van der Waals surface area (Å²) in [4.78, 5) is 4.37. The van der Waals surface area contributed by atoms with Crippen molar-refractivity contribution in [1.29, 1.82) is 0 Å². The first-order chi connectivity index (χ1) is 6.29. The SMILES string of the molecule is CCN=C(NN)C1CC2(CCC2)C1. The van der Waals surface area contributed by atoms with Crippen molar-refractivity contribution >= 4 is 5.84 Å². The van der Waals surface area contributed by atoms with Gasteiger partial charge in [0.15, 0.2) is 0 Å². The molecule has 2 aliphatic carbocycles. The van der Waals surface area contributed by atoms with Crippen molar-refractivity contribution in [3.63, 3.8) is 0 Å². The maximum Gasteiger partial charge on any atom is 0.113 e. The summed E-state index contributed by atoms with van der Waals surface area (Å²) in [6.45, 7) is 2.89. The molecule has 2 saturated carbocycles. The minimum atomic E-state index is 0.630. The highest BCUT2D eigenvalue weighted by molar-refractivity contribution is 5.85. The van der Waals surface area contributed by atoms with Crippen LogP contribution in [0.15, 0.2) is 4.99 Å². The largest absolute Gasteiger partial charge is 0.312 e. The van der Waals surface area contributed by atoms with Crippen LogP contribution < -0.4 is 11.3 Å². The van der Waals surface area contributed by atoms with Gasteiger partial charge in [-0.15, -0.1) is 0 Å². The van der Waals surface area contributed by atoms with Crippen molar-refractivity contribution < 1.29 is 0 Å². The normalized spacial score (nSPS) is 26.8. The molecule has 2 fully saturated rings. The van der Waals surface area contributed by atoms with Gasteiger partial charge in [-0.25, -0.2) is 5.84 Å². The summed E-state index contributed by atoms with van der Waals surface area (Å²) in [5, 5.41) is 0. The monoisotopic (exact) mass is 181 g/mol. The van der Waals surface area contributed by atoms with E-state index >= 15 is 0 Å². The fourth-order valence-electron chi connectivity index (χ4n) is 2.73. The Bertz CT molecular complexity index is 210. The highest BCUT2D eigenvalue weighted by Gasteiger charge is 2.49. The molecular weight excluding hydrogens is 162 g/mol. The maximum atomic E-state index is 5.44. The predicted molar refractivity (Wildman–Crippen MR) is 54.3 cm³/mol. The molecule has 3 N–H and O–H groups in total. The molecule has 3 nitrogen and oxygen atoms in total. The van der Waals surface area contributed by atoms with E-state index in [1.807, 2.05) is 0 Å². The van der Waals surface area contributed by atoms with Crippen LogP contribution in [0.3, 0.4) is 0 Å². The first kappa shape index (κ1) is 9.00. The van der Waals surface area contributed by atoms with Gasteiger partial charge in [-0.2, -0.15) is 0 Å². The van der Waals surface area contributed by atoms with Gasteiger partial charge in [0.05, 0.1) is 0 Å². The van der Waals surface area contributed by atoms with Crippen LogP contribution in [0.1, 0.15) is 39.0 Å². The summed E-state index contributed by atoms with van der Waals surface area (Å²) >= 11 is 0. The van der Waals surface area contributed by atoms with E-state index < -0.39 is 0 Å². The van der Waals surface area contributed by atoms with E-state index in [1.165, 1.54) is 32.1 Å². The number of rotatable bonds is 2. The van der Waals surface area contributed by atoms with Crippen LogP contribution in [0.25, 0.3) is 0 Å². The number of amidine groups is 1. The first-order valence-corrected chi connectivity index (χ1v) is 5.31. The number of nitrogens with two attached hydrogens (primary N) is 1. The molecule has 0 aromatic rings. The van der Waals surface area contributed by atoms with Gasteiger partial charge in [-0.05, 0) is 38.0 Å². The van der Waals surface area contributed by atoms with Crippen molar-refractivity contribution in [3.8, 4) is 0 Å². The average Bonchev–Trinajstić information content (AvgIpc) is 1.97. The third kappa shape index (κ3) is 1.46. The van der Waals surface area contributed by atoms with Gasteiger partial charge in [0, 0.05) is 12.5 Å². The number of hydrogen-bond donors (Lipinski definition) is 2. The molecule has 0 aromatic carbocycles. The predicted octanol–water partition coefficient (Wildman–Crippen LogP) is 1.45. The van der Waals surface area contributed by atoms with Gasteiger partial charge in [0.1, 0.15) is 5.84 Å². The molecule has 0 saturated heterocycles. The summed E-state index contributed by atoms with van der Waals surface area (Å²) < 4.78 is 0. The molecule has 74 valence electrons. The topological polar surface area (TPSA) is 50.4 Å². The molecule has 0 unspecified atom stereocenters. The Balaban J connectivity index is 1.86. The van der Waals surface area contributed by atoms with Crippen LogP contribution in [-0.2, 0) is 0 Å². The van der Waals surface area contributed by atoms with E-state index in [0.717, 1.165) is 17.8 Å². The molecule has 0 aromatic heterocycles. The number of nitrogens with zero attached hydrogens (tertiary/aromatic N) is 1. The molecule has 0 amide bonds. The lowest BCUT2D eigenvalue weighted by Gasteiger charge is -2.54. The van der Waals surface area contributed by atoms with E-state index in [0.29, 0.717) is 5.92 Å². The number of hydrogen-bond acceptors (Lipinski definition) is 2. The van der Waals surface area contributed by atoms with Crippen molar-refractivity contribution in [2.24, 2.45) is 22.2 Å². The van der Waals surface area contributed by atoms with Gasteiger partial charge in [0.25, 0.3) is 0 Å². The smallest absolute Gasteiger partial charge is 0.113 e. The fourth-order valence-corrected chi connectivity index (χ4v) is 2.73. The van der Waals surface area contributed by atoms with Gasteiger partial charge in [-0.1, -0.05) is 6.42 Å². The van der Waals surface area contributed by atoms with E-state index in [9.17, 15) is 0 Å². The molecule has 0 atom stereocenters. The standard InChI is InChI=1S/C10H19N3/c1-2-12-9(13-11)8-6-10(7-8)4-3-5-10/h8H,2-7,11H2,1H3,(H,12,13). The van der Waals surface area contributed by atoms with E-state index in [4.69, 9.17) is 5.84 Å². The molecule has 3 heteroatoms. The lowest BCUT2D eigenvalue weighted by atomic mass is 9.51. The number of hydrazine groups is 1. The Morgan fingerprint density at radius 3 is 2.62 bits per heavy atom. The van der Waals surface area contributed by atoms with Gasteiger partial charge in [-0.3, -0.25) is 4.99 Å². The molecule has 13 heavy (non-hydrogen) atoms. The lowest BCUT2D eigenvalue weighted by Crippen LogP contribution is -2.50. The number of aliphatic imine (C=N–C) groups is 1. The zero-order valence-electron chi connectivity index (χ0n) is 8.34. The molecule has 0 heterocycles. The third-order valence-corrected chi connectivity index (χ3v) is 3.64. The van der Waals surface area contributed by atoms with Gasteiger partial charge >= 0.3 is 0 Å². The summed E-state index contributed by atoms with van der Waals surface area (Å²) in [6.07, 6.45) is 6.94. The summed E-state index contributed by atoms with van der Waals surface area (Å²) in [5.74, 6) is 7.09. The van der Waals surface area contributed by atoms with Crippen LogP contribution in [0.4, 0.5) is 0 Å².